The maximum atomic E-state index is 11.7. The van der Waals surface area contributed by atoms with Crippen LogP contribution in [-0.2, 0) is 0 Å². The largest absolute Gasteiger partial charge is 0.398 e. The average molecular weight is 287 g/mol. The van der Waals surface area contributed by atoms with Gasteiger partial charge < -0.3 is 16.2 Å². The normalized spacial score (nSPS) is 12.2. The molecular formula is C11H15BrN2O2. The van der Waals surface area contributed by atoms with Crippen LogP contribution in [0.15, 0.2) is 22.7 Å². The van der Waals surface area contributed by atoms with E-state index in [1.807, 2.05) is 0 Å². The van der Waals surface area contributed by atoms with Crippen molar-refractivity contribution in [3.8, 4) is 0 Å². The second-order valence-electron chi connectivity index (χ2n) is 3.63. The lowest BCUT2D eigenvalue weighted by Crippen LogP contribution is -2.27. The van der Waals surface area contributed by atoms with E-state index in [9.17, 15) is 4.79 Å². The highest BCUT2D eigenvalue weighted by Crippen LogP contribution is 2.18. The Kier molecular flexibility index (Phi) is 4.76. The first kappa shape index (κ1) is 13.0. The smallest absolute Gasteiger partial charge is 0.253 e. The van der Waals surface area contributed by atoms with Gasteiger partial charge in [-0.25, -0.2) is 0 Å². The quantitative estimate of drug-likeness (QED) is 0.735. The standard InChI is InChI=1S/C11H15BrN2O2/c1-7(15)4-5-14-11(16)9-3-2-8(12)6-10(9)13/h2-3,6-7,15H,4-5,13H2,1H3,(H,14,16). The summed E-state index contributed by atoms with van der Waals surface area (Å²) < 4.78 is 0.838. The summed E-state index contributed by atoms with van der Waals surface area (Å²) in [6.07, 6.45) is 0.116. The zero-order valence-corrected chi connectivity index (χ0v) is 10.6. The first-order valence-electron chi connectivity index (χ1n) is 5.02. The van der Waals surface area contributed by atoms with Gasteiger partial charge in [-0.05, 0) is 31.5 Å². The lowest BCUT2D eigenvalue weighted by molar-refractivity contribution is 0.0946. The minimum absolute atomic E-state index is 0.217. The van der Waals surface area contributed by atoms with Crippen LogP contribution in [0.2, 0.25) is 0 Å². The summed E-state index contributed by atoms with van der Waals surface area (Å²) in [4.78, 5) is 11.7. The highest BCUT2D eigenvalue weighted by Gasteiger charge is 2.09. The van der Waals surface area contributed by atoms with Crippen LogP contribution < -0.4 is 11.1 Å². The number of carbonyl (C=O) groups is 1. The molecule has 0 heterocycles. The zero-order valence-electron chi connectivity index (χ0n) is 9.03. The van der Waals surface area contributed by atoms with E-state index in [4.69, 9.17) is 10.8 Å². The number of aliphatic hydroxyl groups is 1. The van der Waals surface area contributed by atoms with Crippen LogP contribution in [0.5, 0.6) is 0 Å². The van der Waals surface area contributed by atoms with Crippen LogP contribution in [0.4, 0.5) is 5.69 Å². The predicted molar refractivity (Wildman–Crippen MR) is 67.2 cm³/mol. The minimum Gasteiger partial charge on any atom is -0.398 e. The molecule has 1 aromatic rings. The van der Waals surface area contributed by atoms with Gasteiger partial charge in [-0.2, -0.15) is 0 Å². The Morgan fingerprint density at radius 3 is 2.88 bits per heavy atom. The fourth-order valence-corrected chi connectivity index (χ4v) is 1.61. The van der Waals surface area contributed by atoms with E-state index in [1.165, 1.54) is 0 Å². The highest BCUT2D eigenvalue weighted by molar-refractivity contribution is 9.10. The number of aliphatic hydroxyl groups excluding tert-OH is 1. The van der Waals surface area contributed by atoms with Crippen molar-refractivity contribution >= 4 is 27.5 Å². The van der Waals surface area contributed by atoms with E-state index in [1.54, 1.807) is 25.1 Å². The van der Waals surface area contributed by atoms with Crippen molar-refractivity contribution in [1.82, 2.24) is 5.32 Å². The van der Waals surface area contributed by atoms with Crippen LogP contribution in [0.3, 0.4) is 0 Å². The summed E-state index contributed by atoms with van der Waals surface area (Å²) in [6.45, 7) is 2.12. The number of carbonyl (C=O) groups excluding carboxylic acids is 1. The van der Waals surface area contributed by atoms with E-state index < -0.39 is 6.10 Å². The average Bonchev–Trinajstić information content (AvgIpc) is 2.16. The predicted octanol–water partition coefficient (Wildman–Crippen LogP) is 1.53. The lowest BCUT2D eigenvalue weighted by Gasteiger charge is -2.08. The van der Waals surface area contributed by atoms with Crippen molar-refractivity contribution in [3.05, 3.63) is 28.2 Å². The third-order valence-corrected chi connectivity index (χ3v) is 2.60. The van der Waals surface area contributed by atoms with Gasteiger partial charge in [0.2, 0.25) is 0 Å². The molecule has 1 atom stereocenters. The van der Waals surface area contributed by atoms with Gasteiger partial charge in [0.1, 0.15) is 0 Å². The number of benzene rings is 1. The van der Waals surface area contributed by atoms with Crippen LogP contribution in [-0.4, -0.2) is 23.7 Å². The number of halogens is 1. The van der Waals surface area contributed by atoms with Crippen molar-refractivity contribution in [1.29, 1.82) is 0 Å². The second-order valence-corrected chi connectivity index (χ2v) is 4.54. The molecular weight excluding hydrogens is 272 g/mol. The minimum atomic E-state index is -0.414. The number of anilines is 1. The molecule has 4 N–H and O–H groups in total. The van der Waals surface area contributed by atoms with Crippen molar-refractivity contribution in [3.63, 3.8) is 0 Å². The molecule has 0 fully saturated rings. The molecule has 0 aliphatic carbocycles. The van der Waals surface area contributed by atoms with E-state index in [-0.39, 0.29) is 5.91 Å². The fraction of sp³-hybridized carbons (Fsp3) is 0.364. The molecule has 1 rings (SSSR count). The number of rotatable bonds is 4. The molecule has 5 heteroatoms. The molecule has 88 valence electrons. The summed E-state index contributed by atoms with van der Waals surface area (Å²) in [6, 6.07) is 5.11. The molecule has 0 saturated carbocycles. The number of nitrogens with two attached hydrogens (primary N) is 1. The van der Waals surface area contributed by atoms with Gasteiger partial charge in [-0.3, -0.25) is 4.79 Å². The molecule has 0 saturated heterocycles. The Bertz CT molecular complexity index is 380. The lowest BCUT2D eigenvalue weighted by atomic mass is 10.1. The molecule has 0 bridgehead atoms. The molecule has 0 radical (unpaired) electrons. The summed E-state index contributed by atoms with van der Waals surface area (Å²) >= 11 is 3.27. The third-order valence-electron chi connectivity index (χ3n) is 2.11. The molecule has 16 heavy (non-hydrogen) atoms. The summed E-state index contributed by atoms with van der Waals surface area (Å²) in [5.41, 5.74) is 6.60. The van der Waals surface area contributed by atoms with Crippen molar-refractivity contribution in [2.45, 2.75) is 19.4 Å². The Labute approximate surface area is 103 Å². The first-order valence-corrected chi connectivity index (χ1v) is 5.81. The van der Waals surface area contributed by atoms with E-state index >= 15 is 0 Å². The number of hydrogen-bond donors (Lipinski definition) is 3. The Balaban J connectivity index is 2.59. The summed E-state index contributed by atoms with van der Waals surface area (Å²) in [5, 5.41) is 11.7. The molecule has 0 spiro atoms. The highest BCUT2D eigenvalue weighted by atomic mass is 79.9. The molecule has 4 nitrogen and oxygen atoms in total. The van der Waals surface area contributed by atoms with Gasteiger partial charge in [-0.1, -0.05) is 15.9 Å². The van der Waals surface area contributed by atoms with Crippen LogP contribution in [0.1, 0.15) is 23.7 Å². The monoisotopic (exact) mass is 286 g/mol. The molecule has 0 aliphatic rings. The second kappa shape index (κ2) is 5.86. The third kappa shape index (κ3) is 3.83. The van der Waals surface area contributed by atoms with Gasteiger partial charge in [0, 0.05) is 16.7 Å². The molecule has 1 aromatic carbocycles. The molecule has 0 aliphatic heterocycles. The van der Waals surface area contributed by atoms with Crippen molar-refractivity contribution < 1.29 is 9.90 Å². The van der Waals surface area contributed by atoms with Crippen LogP contribution in [0.25, 0.3) is 0 Å². The van der Waals surface area contributed by atoms with Crippen molar-refractivity contribution in [2.24, 2.45) is 0 Å². The molecule has 1 unspecified atom stereocenters. The zero-order chi connectivity index (χ0) is 12.1. The number of amides is 1. The Morgan fingerprint density at radius 2 is 2.31 bits per heavy atom. The number of hydrogen-bond acceptors (Lipinski definition) is 3. The van der Waals surface area contributed by atoms with E-state index in [2.05, 4.69) is 21.2 Å². The number of nitrogens with one attached hydrogen (secondary N) is 1. The van der Waals surface area contributed by atoms with Crippen LogP contribution >= 0.6 is 15.9 Å². The van der Waals surface area contributed by atoms with Crippen LogP contribution in [0, 0.1) is 0 Å². The molecule has 1 amide bonds. The fourth-order valence-electron chi connectivity index (χ4n) is 1.23. The summed E-state index contributed by atoms with van der Waals surface area (Å²) in [7, 11) is 0. The SMILES string of the molecule is CC(O)CCNC(=O)c1ccc(Br)cc1N. The van der Waals surface area contributed by atoms with Gasteiger partial charge in [0.25, 0.3) is 5.91 Å². The Hall–Kier alpha value is -1.07. The van der Waals surface area contributed by atoms with Gasteiger partial charge in [-0.15, -0.1) is 0 Å². The molecule has 0 aromatic heterocycles. The maximum Gasteiger partial charge on any atom is 0.253 e. The van der Waals surface area contributed by atoms with E-state index in [0.717, 1.165) is 4.47 Å². The number of nitrogen functional groups attached to an aromatic ring is 1. The van der Waals surface area contributed by atoms with E-state index in [0.29, 0.717) is 24.2 Å². The van der Waals surface area contributed by atoms with Gasteiger partial charge in [0.15, 0.2) is 0 Å². The summed E-state index contributed by atoms with van der Waals surface area (Å²) in [5.74, 6) is -0.217. The Morgan fingerprint density at radius 1 is 1.62 bits per heavy atom. The first-order chi connectivity index (χ1) is 7.50. The maximum absolute atomic E-state index is 11.7. The van der Waals surface area contributed by atoms with Gasteiger partial charge in [0.05, 0.1) is 11.7 Å². The topological polar surface area (TPSA) is 75.3 Å². The van der Waals surface area contributed by atoms with Gasteiger partial charge >= 0.3 is 0 Å². The van der Waals surface area contributed by atoms with Crippen molar-refractivity contribution in [2.75, 3.05) is 12.3 Å².